The minimum atomic E-state index is -0.476. The maximum absolute atomic E-state index is 11.0. The van der Waals surface area contributed by atoms with E-state index in [-0.39, 0.29) is 0 Å². The van der Waals surface area contributed by atoms with Gasteiger partial charge >= 0.3 is 6.09 Å². The zero-order valence-corrected chi connectivity index (χ0v) is 10.3. The summed E-state index contributed by atoms with van der Waals surface area (Å²) in [7, 11) is 1.33. The van der Waals surface area contributed by atoms with E-state index in [4.69, 9.17) is 0 Å². The third-order valence-electron chi connectivity index (χ3n) is 2.50. The second-order valence-electron chi connectivity index (χ2n) is 3.86. The number of ether oxygens (including phenoxy) is 1. The van der Waals surface area contributed by atoms with Gasteiger partial charge in [-0.05, 0) is 31.2 Å². The molecule has 0 aliphatic heterocycles. The Morgan fingerprint density at radius 3 is 2.50 bits per heavy atom. The van der Waals surface area contributed by atoms with Crippen LogP contribution in [0.15, 0.2) is 42.5 Å². The zero-order chi connectivity index (χ0) is 13.0. The Kier molecular flexibility index (Phi) is 3.57. The zero-order valence-electron chi connectivity index (χ0n) is 10.3. The van der Waals surface area contributed by atoms with Gasteiger partial charge in [0, 0.05) is 16.9 Å². The average Bonchev–Trinajstić information content (AvgIpc) is 2.39. The Hall–Kier alpha value is -2.36. The average molecular weight is 242 g/mol. The van der Waals surface area contributed by atoms with Gasteiger partial charge in [0.05, 0.1) is 12.8 Å². The number of carbonyl (C=O) groups excluding carboxylic acids is 1. The molecule has 0 aliphatic carbocycles. The lowest BCUT2D eigenvalue weighted by molar-refractivity contribution is 0.187. The second-order valence-corrected chi connectivity index (χ2v) is 3.86. The van der Waals surface area contributed by atoms with Crippen molar-refractivity contribution in [3.63, 3.8) is 0 Å². The smallest absolute Gasteiger partial charge is 0.411 e. The molecule has 0 saturated heterocycles. The molecule has 0 aliphatic rings. The number of pyridine rings is 1. The first-order valence-corrected chi connectivity index (χ1v) is 5.58. The lowest BCUT2D eigenvalue weighted by Gasteiger charge is -2.05. The largest absolute Gasteiger partial charge is 0.453 e. The first kappa shape index (κ1) is 12.1. The van der Waals surface area contributed by atoms with Crippen molar-refractivity contribution in [2.75, 3.05) is 12.4 Å². The van der Waals surface area contributed by atoms with Gasteiger partial charge in [-0.1, -0.05) is 18.2 Å². The summed E-state index contributed by atoms with van der Waals surface area (Å²) in [5.41, 5.74) is 3.59. The van der Waals surface area contributed by atoms with E-state index >= 15 is 0 Å². The summed E-state index contributed by atoms with van der Waals surface area (Å²) in [5.74, 6) is 0. The van der Waals surface area contributed by atoms with E-state index < -0.39 is 6.09 Å². The molecule has 92 valence electrons. The Labute approximate surface area is 106 Å². The molecule has 1 N–H and O–H groups in total. The fourth-order valence-electron chi connectivity index (χ4n) is 1.60. The molecular weight excluding hydrogens is 228 g/mol. The monoisotopic (exact) mass is 242 g/mol. The van der Waals surface area contributed by atoms with E-state index in [0.29, 0.717) is 5.69 Å². The SMILES string of the molecule is COC(=O)Nc1ccc(-c2cccc(C)n2)cc1. The van der Waals surface area contributed by atoms with Crippen molar-refractivity contribution in [3.05, 3.63) is 48.2 Å². The van der Waals surface area contributed by atoms with Gasteiger partial charge in [0.25, 0.3) is 0 Å². The highest BCUT2D eigenvalue weighted by atomic mass is 16.5. The second kappa shape index (κ2) is 5.31. The van der Waals surface area contributed by atoms with Gasteiger partial charge in [0.1, 0.15) is 0 Å². The number of hydrogen-bond donors (Lipinski definition) is 1. The van der Waals surface area contributed by atoms with Crippen LogP contribution in [0.2, 0.25) is 0 Å². The number of nitrogens with one attached hydrogen (secondary N) is 1. The lowest BCUT2D eigenvalue weighted by Crippen LogP contribution is -2.10. The molecule has 1 aromatic carbocycles. The molecule has 0 fully saturated rings. The van der Waals surface area contributed by atoms with Crippen LogP contribution < -0.4 is 5.32 Å². The first-order chi connectivity index (χ1) is 8.69. The van der Waals surface area contributed by atoms with Crippen molar-refractivity contribution in [1.29, 1.82) is 0 Å². The fourth-order valence-corrected chi connectivity index (χ4v) is 1.60. The molecule has 4 heteroatoms. The molecule has 18 heavy (non-hydrogen) atoms. The van der Waals surface area contributed by atoms with Crippen LogP contribution in [0, 0.1) is 6.92 Å². The summed E-state index contributed by atoms with van der Waals surface area (Å²) in [4.78, 5) is 15.5. The van der Waals surface area contributed by atoms with Crippen LogP contribution in [0.1, 0.15) is 5.69 Å². The van der Waals surface area contributed by atoms with Crippen molar-refractivity contribution in [2.24, 2.45) is 0 Å². The van der Waals surface area contributed by atoms with Gasteiger partial charge < -0.3 is 4.74 Å². The molecule has 0 bridgehead atoms. The van der Waals surface area contributed by atoms with E-state index in [1.54, 1.807) is 0 Å². The van der Waals surface area contributed by atoms with E-state index in [0.717, 1.165) is 17.0 Å². The molecule has 0 spiro atoms. The molecule has 1 aromatic heterocycles. The topological polar surface area (TPSA) is 51.2 Å². The van der Waals surface area contributed by atoms with Crippen LogP contribution in [-0.4, -0.2) is 18.2 Å². The predicted molar refractivity (Wildman–Crippen MR) is 70.4 cm³/mol. The van der Waals surface area contributed by atoms with Gasteiger partial charge in [0.2, 0.25) is 0 Å². The molecular formula is C14H14N2O2. The summed E-state index contributed by atoms with van der Waals surface area (Å²) in [6, 6.07) is 13.3. The Bertz CT molecular complexity index is 550. The highest BCUT2D eigenvalue weighted by molar-refractivity contribution is 5.84. The molecule has 2 rings (SSSR count). The van der Waals surface area contributed by atoms with Crippen LogP contribution in [-0.2, 0) is 4.74 Å². The first-order valence-electron chi connectivity index (χ1n) is 5.58. The summed E-state index contributed by atoms with van der Waals surface area (Å²) in [5, 5.41) is 2.60. The quantitative estimate of drug-likeness (QED) is 0.879. The van der Waals surface area contributed by atoms with E-state index in [1.807, 2.05) is 49.4 Å². The number of hydrogen-bond acceptors (Lipinski definition) is 3. The standard InChI is InChI=1S/C14H14N2O2/c1-10-4-3-5-13(15-10)11-6-8-12(9-7-11)16-14(17)18-2/h3-9H,1-2H3,(H,16,17). The minimum absolute atomic E-state index is 0.476. The molecule has 0 atom stereocenters. The van der Waals surface area contributed by atoms with E-state index in [9.17, 15) is 4.79 Å². The lowest BCUT2D eigenvalue weighted by atomic mass is 10.1. The number of nitrogens with zero attached hydrogens (tertiary/aromatic N) is 1. The van der Waals surface area contributed by atoms with Gasteiger partial charge in [-0.15, -0.1) is 0 Å². The molecule has 0 radical (unpaired) electrons. The Morgan fingerprint density at radius 1 is 1.17 bits per heavy atom. The van der Waals surface area contributed by atoms with Crippen LogP contribution >= 0.6 is 0 Å². The van der Waals surface area contributed by atoms with Crippen LogP contribution in [0.3, 0.4) is 0 Å². The summed E-state index contributed by atoms with van der Waals surface area (Å²) >= 11 is 0. The minimum Gasteiger partial charge on any atom is -0.453 e. The van der Waals surface area contributed by atoms with E-state index in [1.165, 1.54) is 7.11 Å². The predicted octanol–water partition coefficient (Wildman–Crippen LogP) is 3.24. The van der Waals surface area contributed by atoms with Gasteiger partial charge in [-0.2, -0.15) is 0 Å². The number of anilines is 1. The molecule has 1 heterocycles. The maximum Gasteiger partial charge on any atom is 0.411 e. The third-order valence-corrected chi connectivity index (χ3v) is 2.50. The van der Waals surface area contributed by atoms with Gasteiger partial charge in [-0.25, -0.2) is 4.79 Å². The number of rotatable bonds is 2. The Balaban J connectivity index is 2.19. The van der Waals surface area contributed by atoms with Crippen molar-refractivity contribution in [3.8, 4) is 11.3 Å². The molecule has 0 unspecified atom stereocenters. The van der Waals surface area contributed by atoms with Crippen molar-refractivity contribution >= 4 is 11.8 Å². The van der Waals surface area contributed by atoms with Gasteiger partial charge in [-0.3, -0.25) is 10.3 Å². The molecule has 2 aromatic rings. The van der Waals surface area contributed by atoms with Crippen molar-refractivity contribution in [2.45, 2.75) is 6.92 Å². The highest BCUT2D eigenvalue weighted by Crippen LogP contribution is 2.19. The molecule has 1 amide bonds. The highest BCUT2D eigenvalue weighted by Gasteiger charge is 2.02. The van der Waals surface area contributed by atoms with Gasteiger partial charge in [0.15, 0.2) is 0 Å². The number of carbonyl (C=O) groups is 1. The Morgan fingerprint density at radius 2 is 1.89 bits per heavy atom. The van der Waals surface area contributed by atoms with E-state index in [2.05, 4.69) is 15.0 Å². The number of methoxy groups -OCH3 is 1. The maximum atomic E-state index is 11.0. The van der Waals surface area contributed by atoms with Crippen LogP contribution in [0.25, 0.3) is 11.3 Å². The summed E-state index contributed by atoms with van der Waals surface area (Å²) in [6.07, 6.45) is -0.476. The van der Waals surface area contributed by atoms with Crippen molar-refractivity contribution < 1.29 is 9.53 Å². The third kappa shape index (κ3) is 2.85. The molecule has 0 saturated carbocycles. The van der Waals surface area contributed by atoms with Crippen LogP contribution in [0.4, 0.5) is 10.5 Å². The molecule has 4 nitrogen and oxygen atoms in total. The van der Waals surface area contributed by atoms with Crippen molar-refractivity contribution in [1.82, 2.24) is 4.98 Å². The normalized spacial score (nSPS) is 9.89. The fraction of sp³-hybridized carbons (Fsp3) is 0.143. The van der Waals surface area contributed by atoms with Crippen LogP contribution in [0.5, 0.6) is 0 Å². The number of amides is 1. The number of aromatic nitrogens is 1. The summed E-state index contributed by atoms with van der Waals surface area (Å²) < 4.78 is 4.52. The number of aryl methyl sites for hydroxylation is 1. The summed E-state index contributed by atoms with van der Waals surface area (Å²) in [6.45, 7) is 1.96. The number of benzene rings is 1.